The van der Waals surface area contributed by atoms with Gasteiger partial charge in [0.1, 0.15) is 5.52 Å². The summed E-state index contributed by atoms with van der Waals surface area (Å²) in [5.41, 5.74) is 5.97. The molecule has 1 aliphatic heterocycles. The van der Waals surface area contributed by atoms with E-state index in [4.69, 9.17) is 15.2 Å². The standard InChI is InChI=1S/C21H24F2N6O2/c1-29-5-4-11(10-29)8-25-20-19-12(9-26-21(24)28-19)6-13(27-20)16-17(22)14(30-2)7-15(31-3)18(16)23/h6-7,9,11H,4-5,8,10H2,1-3H3,(H,25,27)(H2,24,26,28). The van der Waals surface area contributed by atoms with Crippen molar-refractivity contribution in [3.8, 4) is 22.8 Å². The van der Waals surface area contributed by atoms with E-state index in [1.165, 1.54) is 26.5 Å². The summed E-state index contributed by atoms with van der Waals surface area (Å²) < 4.78 is 40.2. The number of nitrogens with two attached hydrogens (primary N) is 1. The molecule has 8 nitrogen and oxygen atoms in total. The monoisotopic (exact) mass is 430 g/mol. The summed E-state index contributed by atoms with van der Waals surface area (Å²) in [6.07, 6.45) is 2.55. The van der Waals surface area contributed by atoms with Gasteiger partial charge in [-0.05, 0) is 32.0 Å². The topological polar surface area (TPSA) is 98.4 Å². The molecule has 1 atom stereocenters. The number of nitrogen functional groups attached to an aromatic ring is 1. The first kappa shape index (κ1) is 21.0. The van der Waals surface area contributed by atoms with Gasteiger partial charge in [-0.15, -0.1) is 0 Å². The number of anilines is 2. The molecular weight excluding hydrogens is 406 g/mol. The maximum Gasteiger partial charge on any atom is 0.220 e. The number of nitrogens with one attached hydrogen (secondary N) is 1. The minimum absolute atomic E-state index is 0.0686. The lowest BCUT2D eigenvalue weighted by molar-refractivity contribution is 0.359. The van der Waals surface area contributed by atoms with Crippen LogP contribution in [0.4, 0.5) is 20.5 Å². The number of fused-ring (bicyclic) bond motifs is 1. The van der Waals surface area contributed by atoms with Crippen LogP contribution >= 0.6 is 0 Å². The molecule has 10 heteroatoms. The van der Waals surface area contributed by atoms with Gasteiger partial charge in [0.25, 0.3) is 0 Å². The Kier molecular flexibility index (Phi) is 5.73. The van der Waals surface area contributed by atoms with Crippen molar-refractivity contribution < 1.29 is 18.3 Å². The van der Waals surface area contributed by atoms with Gasteiger partial charge < -0.3 is 25.4 Å². The average molecular weight is 430 g/mol. The van der Waals surface area contributed by atoms with E-state index in [-0.39, 0.29) is 28.7 Å². The van der Waals surface area contributed by atoms with Gasteiger partial charge in [0.15, 0.2) is 29.0 Å². The van der Waals surface area contributed by atoms with E-state index in [9.17, 15) is 0 Å². The molecule has 2 aromatic heterocycles. The highest BCUT2D eigenvalue weighted by Crippen LogP contribution is 2.38. The molecule has 1 aliphatic rings. The lowest BCUT2D eigenvalue weighted by Gasteiger charge is -2.16. The Morgan fingerprint density at radius 2 is 1.87 bits per heavy atom. The average Bonchev–Trinajstić information content (AvgIpc) is 3.17. The van der Waals surface area contributed by atoms with Crippen molar-refractivity contribution in [1.29, 1.82) is 0 Å². The quantitative estimate of drug-likeness (QED) is 0.616. The zero-order chi connectivity index (χ0) is 22.1. The van der Waals surface area contributed by atoms with Gasteiger partial charge >= 0.3 is 0 Å². The van der Waals surface area contributed by atoms with Crippen LogP contribution < -0.4 is 20.5 Å². The molecule has 3 aromatic rings. The third-order valence-corrected chi connectivity index (χ3v) is 5.46. The molecule has 1 unspecified atom stereocenters. The third-order valence-electron chi connectivity index (χ3n) is 5.46. The van der Waals surface area contributed by atoms with Gasteiger partial charge in [-0.3, -0.25) is 0 Å². The highest BCUT2D eigenvalue weighted by molar-refractivity contribution is 5.91. The molecule has 0 spiro atoms. The minimum Gasteiger partial charge on any atom is -0.494 e. The van der Waals surface area contributed by atoms with Crippen LogP contribution in [0.2, 0.25) is 0 Å². The Hall–Kier alpha value is -3.27. The molecule has 1 aromatic carbocycles. The van der Waals surface area contributed by atoms with Gasteiger partial charge in [0.05, 0.1) is 25.5 Å². The molecule has 0 bridgehead atoms. The Morgan fingerprint density at radius 1 is 1.16 bits per heavy atom. The van der Waals surface area contributed by atoms with Gasteiger partial charge in [-0.2, -0.15) is 0 Å². The van der Waals surface area contributed by atoms with Gasteiger partial charge in [-0.25, -0.2) is 23.7 Å². The van der Waals surface area contributed by atoms with Crippen LogP contribution in [-0.4, -0.2) is 60.8 Å². The fraction of sp³-hybridized carbons (Fsp3) is 0.381. The summed E-state index contributed by atoms with van der Waals surface area (Å²) in [4.78, 5) is 15.0. The second-order valence-corrected chi connectivity index (χ2v) is 7.60. The zero-order valence-electron chi connectivity index (χ0n) is 17.6. The lowest BCUT2D eigenvalue weighted by Crippen LogP contribution is -2.19. The fourth-order valence-electron chi connectivity index (χ4n) is 3.85. The molecule has 3 N–H and O–H groups in total. The molecule has 3 heterocycles. The van der Waals surface area contributed by atoms with Gasteiger partial charge in [-0.1, -0.05) is 0 Å². The summed E-state index contributed by atoms with van der Waals surface area (Å²) in [6, 6.07) is 2.68. The Morgan fingerprint density at radius 3 is 2.48 bits per heavy atom. The maximum absolute atomic E-state index is 15.1. The maximum atomic E-state index is 15.1. The number of likely N-dealkylation sites (tertiary alicyclic amines) is 1. The van der Waals surface area contributed by atoms with Crippen LogP contribution in [0.15, 0.2) is 18.3 Å². The van der Waals surface area contributed by atoms with E-state index >= 15 is 8.78 Å². The van der Waals surface area contributed by atoms with E-state index < -0.39 is 11.6 Å². The number of halogens is 2. The van der Waals surface area contributed by atoms with E-state index in [0.29, 0.717) is 29.2 Å². The van der Waals surface area contributed by atoms with E-state index in [1.807, 2.05) is 0 Å². The van der Waals surface area contributed by atoms with Crippen molar-refractivity contribution in [3.05, 3.63) is 30.0 Å². The van der Waals surface area contributed by atoms with Crippen LogP contribution in [0.5, 0.6) is 11.5 Å². The summed E-state index contributed by atoms with van der Waals surface area (Å²) >= 11 is 0. The number of hydrogen-bond donors (Lipinski definition) is 2. The van der Waals surface area contributed by atoms with Crippen molar-refractivity contribution in [2.45, 2.75) is 6.42 Å². The normalized spacial score (nSPS) is 16.6. The number of methoxy groups -OCH3 is 2. The Bertz CT molecular complexity index is 1100. The van der Waals surface area contributed by atoms with Crippen LogP contribution in [0.25, 0.3) is 22.2 Å². The molecule has 4 rings (SSSR count). The Balaban J connectivity index is 1.83. The number of rotatable bonds is 6. The summed E-state index contributed by atoms with van der Waals surface area (Å²) in [5, 5.41) is 3.84. The second-order valence-electron chi connectivity index (χ2n) is 7.60. The molecule has 31 heavy (non-hydrogen) atoms. The molecule has 1 fully saturated rings. The third kappa shape index (κ3) is 4.02. The molecule has 0 saturated carbocycles. The summed E-state index contributed by atoms with van der Waals surface area (Å²) in [5.74, 6) is -1.13. The number of benzene rings is 1. The van der Waals surface area contributed by atoms with Crippen molar-refractivity contribution in [3.63, 3.8) is 0 Å². The number of aromatic nitrogens is 3. The lowest BCUT2D eigenvalue weighted by atomic mass is 10.1. The predicted octanol–water partition coefficient (Wildman–Crippen LogP) is 2.93. The molecule has 1 saturated heterocycles. The highest BCUT2D eigenvalue weighted by atomic mass is 19.1. The summed E-state index contributed by atoms with van der Waals surface area (Å²) in [7, 11) is 4.68. The number of hydrogen-bond acceptors (Lipinski definition) is 8. The van der Waals surface area contributed by atoms with Crippen molar-refractivity contribution in [1.82, 2.24) is 19.9 Å². The summed E-state index contributed by atoms with van der Waals surface area (Å²) in [6.45, 7) is 2.62. The van der Waals surface area contributed by atoms with E-state index in [2.05, 4.69) is 32.2 Å². The van der Waals surface area contributed by atoms with Crippen LogP contribution in [0.1, 0.15) is 6.42 Å². The first-order valence-electron chi connectivity index (χ1n) is 9.87. The largest absolute Gasteiger partial charge is 0.494 e. The van der Waals surface area contributed by atoms with Crippen molar-refractivity contribution >= 4 is 22.7 Å². The minimum atomic E-state index is -0.868. The molecule has 0 aliphatic carbocycles. The first-order valence-corrected chi connectivity index (χ1v) is 9.87. The predicted molar refractivity (Wildman–Crippen MR) is 114 cm³/mol. The van der Waals surface area contributed by atoms with Gasteiger partial charge in [0, 0.05) is 30.7 Å². The van der Waals surface area contributed by atoms with Gasteiger partial charge in [0.2, 0.25) is 5.95 Å². The van der Waals surface area contributed by atoms with Crippen molar-refractivity contribution in [2.24, 2.45) is 5.92 Å². The molecule has 0 amide bonds. The zero-order valence-corrected chi connectivity index (χ0v) is 17.6. The van der Waals surface area contributed by atoms with Crippen molar-refractivity contribution in [2.75, 3.05) is 52.0 Å². The highest BCUT2D eigenvalue weighted by Gasteiger charge is 2.25. The first-order chi connectivity index (χ1) is 14.9. The molecule has 164 valence electrons. The van der Waals surface area contributed by atoms with E-state index in [1.54, 1.807) is 0 Å². The number of pyridine rings is 1. The second kappa shape index (κ2) is 8.46. The molecular formula is C21H24F2N6O2. The Labute approximate surface area is 178 Å². The SMILES string of the molecule is COc1cc(OC)c(F)c(-c2cc3cnc(N)nc3c(NCC3CCN(C)C3)n2)c1F. The molecule has 0 radical (unpaired) electrons. The smallest absolute Gasteiger partial charge is 0.220 e. The van der Waals surface area contributed by atoms with Crippen LogP contribution in [0, 0.1) is 17.6 Å². The van der Waals surface area contributed by atoms with E-state index in [0.717, 1.165) is 25.6 Å². The number of nitrogens with zero attached hydrogens (tertiary/aromatic N) is 4. The fourth-order valence-corrected chi connectivity index (χ4v) is 3.85. The van der Waals surface area contributed by atoms with Crippen LogP contribution in [-0.2, 0) is 0 Å². The number of ether oxygens (including phenoxy) is 2. The van der Waals surface area contributed by atoms with Crippen LogP contribution in [0.3, 0.4) is 0 Å².